The first-order chi connectivity index (χ1) is 16.6. The standard InChI is InChI=1S/C28H24N2O4/c1-34-21-13-11-19(12-14-21)26(31)24-25(18-7-3-2-4-8-18)30(28(33)27(24)32)16-15-20-17-29-23-10-6-5-9-22(20)23/h2-14,17,25,29,31H,15-16H2,1H3/t25-/m1/s1. The van der Waals surface area contributed by atoms with Crippen LogP contribution < -0.4 is 4.74 Å². The van der Waals surface area contributed by atoms with Crippen LogP contribution in [0.25, 0.3) is 16.7 Å². The van der Waals surface area contributed by atoms with Crippen molar-refractivity contribution in [2.24, 2.45) is 0 Å². The van der Waals surface area contributed by atoms with Gasteiger partial charge in [-0.25, -0.2) is 0 Å². The molecule has 2 heterocycles. The maximum atomic E-state index is 13.2. The van der Waals surface area contributed by atoms with Gasteiger partial charge >= 0.3 is 0 Å². The van der Waals surface area contributed by atoms with Gasteiger partial charge < -0.3 is 19.7 Å². The molecule has 4 aromatic rings. The number of benzene rings is 3. The van der Waals surface area contributed by atoms with Crippen molar-refractivity contribution in [2.75, 3.05) is 13.7 Å². The summed E-state index contributed by atoms with van der Waals surface area (Å²) < 4.78 is 5.19. The Morgan fingerprint density at radius 1 is 0.971 bits per heavy atom. The van der Waals surface area contributed by atoms with Gasteiger partial charge in [-0.15, -0.1) is 0 Å². The van der Waals surface area contributed by atoms with E-state index >= 15 is 0 Å². The zero-order valence-electron chi connectivity index (χ0n) is 18.7. The van der Waals surface area contributed by atoms with Crippen LogP contribution in [0.5, 0.6) is 5.75 Å². The van der Waals surface area contributed by atoms with Crippen molar-refractivity contribution in [1.82, 2.24) is 9.88 Å². The number of para-hydroxylation sites is 1. The molecule has 1 fully saturated rings. The van der Waals surface area contributed by atoms with E-state index in [-0.39, 0.29) is 11.3 Å². The zero-order chi connectivity index (χ0) is 23.7. The number of carbonyl (C=O) groups is 2. The Hall–Kier alpha value is -4.32. The lowest BCUT2D eigenvalue weighted by Gasteiger charge is -2.25. The summed E-state index contributed by atoms with van der Waals surface area (Å²) >= 11 is 0. The molecule has 6 heteroatoms. The molecular weight excluding hydrogens is 428 g/mol. The number of aliphatic hydroxyl groups excluding tert-OH is 1. The highest BCUT2D eigenvalue weighted by atomic mass is 16.5. The molecule has 1 saturated heterocycles. The number of ketones is 1. The van der Waals surface area contributed by atoms with E-state index in [9.17, 15) is 14.7 Å². The van der Waals surface area contributed by atoms with Crippen LogP contribution in [0.2, 0.25) is 0 Å². The van der Waals surface area contributed by atoms with Crippen LogP contribution in [0.3, 0.4) is 0 Å². The quantitative estimate of drug-likeness (QED) is 0.249. The lowest BCUT2D eigenvalue weighted by Crippen LogP contribution is -2.31. The van der Waals surface area contributed by atoms with Crippen LogP contribution in [0, 0.1) is 0 Å². The number of likely N-dealkylation sites (tertiary alicyclic amines) is 1. The summed E-state index contributed by atoms with van der Waals surface area (Å²) in [5.74, 6) is -0.843. The third-order valence-corrected chi connectivity index (χ3v) is 6.32. The van der Waals surface area contributed by atoms with E-state index in [1.165, 1.54) is 0 Å². The molecule has 1 atom stereocenters. The van der Waals surface area contributed by atoms with Gasteiger partial charge in [0.05, 0.1) is 18.7 Å². The van der Waals surface area contributed by atoms with Crippen LogP contribution in [0.1, 0.15) is 22.7 Å². The Balaban J connectivity index is 1.54. The number of H-pyrrole nitrogens is 1. The highest BCUT2D eigenvalue weighted by Gasteiger charge is 2.45. The van der Waals surface area contributed by atoms with Crippen molar-refractivity contribution >= 4 is 28.4 Å². The number of aliphatic hydroxyl groups is 1. The van der Waals surface area contributed by atoms with Crippen molar-refractivity contribution in [2.45, 2.75) is 12.5 Å². The fraction of sp³-hybridized carbons (Fsp3) is 0.143. The van der Waals surface area contributed by atoms with Gasteiger partial charge in [0, 0.05) is 29.2 Å². The summed E-state index contributed by atoms with van der Waals surface area (Å²) in [5.41, 5.74) is 3.42. The number of fused-ring (bicyclic) bond motifs is 1. The van der Waals surface area contributed by atoms with Crippen LogP contribution in [-0.2, 0) is 16.0 Å². The summed E-state index contributed by atoms with van der Waals surface area (Å²) in [6.07, 6.45) is 2.51. The normalized spacial score (nSPS) is 17.4. The minimum atomic E-state index is -0.680. The van der Waals surface area contributed by atoms with E-state index in [1.54, 1.807) is 36.3 Å². The lowest BCUT2D eigenvalue weighted by molar-refractivity contribution is -0.139. The average molecular weight is 453 g/mol. The second-order valence-electron chi connectivity index (χ2n) is 8.24. The molecule has 0 bridgehead atoms. The van der Waals surface area contributed by atoms with Crippen LogP contribution >= 0.6 is 0 Å². The van der Waals surface area contributed by atoms with Gasteiger partial charge in [-0.3, -0.25) is 9.59 Å². The molecule has 5 rings (SSSR count). The third-order valence-electron chi connectivity index (χ3n) is 6.32. The van der Waals surface area contributed by atoms with Crippen molar-refractivity contribution < 1.29 is 19.4 Å². The second kappa shape index (κ2) is 8.90. The largest absolute Gasteiger partial charge is 0.507 e. The van der Waals surface area contributed by atoms with Crippen molar-refractivity contribution in [3.05, 3.63) is 107 Å². The maximum absolute atomic E-state index is 13.2. The molecule has 0 spiro atoms. The van der Waals surface area contributed by atoms with Gasteiger partial charge in [0.25, 0.3) is 11.7 Å². The Morgan fingerprint density at radius 3 is 2.41 bits per heavy atom. The van der Waals surface area contributed by atoms with Gasteiger partial charge in [-0.1, -0.05) is 48.5 Å². The fourth-order valence-electron chi connectivity index (χ4n) is 4.58. The average Bonchev–Trinajstić information content (AvgIpc) is 3.41. The maximum Gasteiger partial charge on any atom is 0.295 e. The van der Waals surface area contributed by atoms with Crippen molar-refractivity contribution in [3.8, 4) is 5.75 Å². The molecular formula is C28H24N2O4. The molecule has 1 aliphatic rings. The number of rotatable bonds is 6. The first kappa shape index (κ1) is 21.5. The van der Waals surface area contributed by atoms with E-state index in [2.05, 4.69) is 4.98 Å². The topological polar surface area (TPSA) is 82.6 Å². The Bertz CT molecular complexity index is 1390. The lowest BCUT2D eigenvalue weighted by atomic mass is 9.95. The number of aromatic amines is 1. The van der Waals surface area contributed by atoms with Gasteiger partial charge in [0.1, 0.15) is 11.5 Å². The molecule has 1 aromatic heterocycles. The number of hydrogen-bond acceptors (Lipinski definition) is 4. The van der Waals surface area contributed by atoms with E-state index in [1.807, 2.05) is 60.8 Å². The van der Waals surface area contributed by atoms with E-state index in [0.29, 0.717) is 24.3 Å². The third kappa shape index (κ3) is 3.73. The van der Waals surface area contributed by atoms with Crippen LogP contribution in [0.15, 0.2) is 90.6 Å². The Morgan fingerprint density at radius 2 is 1.68 bits per heavy atom. The molecule has 1 amide bonds. The molecule has 0 saturated carbocycles. The molecule has 3 aromatic carbocycles. The first-order valence-electron chi connectivity index (χ1n) is 11.1. The molecule has 34 heavy (non-hydrogen) atoms. The molecule has 1 aliphatic heterocycles. The summed E-state index contributed by atoms with van der Waals surface area (Å²) in [5, 5.41) is 12.2. The summed E-state index contributed by atoms with van der Waals surface area (Å²) in [7, 11) is 1.56. The number of hydrogen-bond donors (Lipinski definition) is 2. The highest BCUT2D eigenvalue weighted by molar-refractivity contribution is 6.46. The van der Waals surface area contributed by atoms with Gasteiger partial charge in [-0.05, 0) is 47.9 Å². The molecule has 2 N–H and O–H groups in total. The summed E-state index contributed by atoms with van der Waals surface area (Å²) in [6.45, 7) is 0.339. The summed E-state index contributed by atoms with van der Waals surface area (Å²) in [6, 6.07) is 23.4. The Kier molecular flexibility index (Phi) is 5.64. The number of aromatic nitrogens is 1. The molecule has 0 radical (unpaired) electrons. The number of carbonyl (C=O) groups excluding carboxylic acids is 2. The van der Waals surface area contributed by atoms with Gasteiger partial charge in [0.15, 0.2) is 0 Å². The van der Waals surface area contributed by atoms with E-state index in [0.717, 1.165) is 22.0 Å². The molecule has 0 unspecified atom stereocenters. The predicted octanol–water partition coefficient (Wildman–Crippen LogP) is 4.84. The predicted molar refractivity (Wildman–Crippen MR) is 130 cm³/mol. The molecule has 0 aliphatic carbocycles. The smallest absolute Gasteiger partial charge is 0.295 e. The minimum absolute atomic E-state index is 0.0975. The Labute approximate surface area is 197 Å². The zero-order valence-corrected chi connectivity index (χ0v) is 18.7. The van der Waals surface area contributed by atoms with Gasteiger partial charge in [0.2, 0.25) is 0 Å². The minimum Gasteiger partial charge on any atom is -0.507 e. The SMILES string of the molecule is COc1ccc(C(O)=C2C(=O)C(=O)N(CCc3c[nH]c4ccccc34)[C@@H]2c2ccccc2)cc1. The van der Waals surface area contributed by atoms with Crippen LogP contribution in [-0.4, -0.2) is 40.3 Å². The summed E-state index contributed by atoms with van der Waals surface area (Å²) in [4.78, 5) is 31.2. The van der Waals surface area contributed by atoms with Gasteiger partial charge in [-0.2, -0.15) is 0 Å². The number of ether oxygens (including phenoxy) is 1. The van der Waals surface area contributed by atoms with Crippen molar-refractivity contribution in [3.63, 3.8) is 0 Å². The monoisotopic (exact) mass is 452 g/mol. The number of methoxy groups -OCH3 is 1. The number of nitrogens with one attached hydrogen (secondary N) is 1. The number of Topliss-reactive ketones (excluding diaryl/α,β-unsaturated/α-hetero) is 1. The molecule has 170 valence electrons. The molecule has 6 nitrogen and oxygen atoms in total. The fourth-order valence-corrected chi connectivity index (χ4v) is 4.58. The number of nitrogens with zero attached hydrogens (tertiary/aromatic N) is 1. The van der Waals surface area contributed by atoms with Crippen molar-refractivity contribution in [1.29, 1.82) is 0 Å². The van der Waals surface area contributed by atoms with Crippen LogP contribution in [0.4, 0.5) is 0 Å². The second-order valence-corrected chi connectivity index (χ2v) is 8.24. The first-order valence-corrected chi connectivity index (χ1v) is 11.1. The number of amides is 1. The highest BCUT2D eigenvalue weighted by Crippen LogP contribution is 2.39. The van der Waals surface area contributed by atoms with E-state index in [4.69, 9.17) is 4.74 Å². The van der Waals surface area contributed by atoms with E-state index < -0.39 is 17.7 Å².